The Labute approximate surface area is 52.2 Å². The molecule has 4 heteroatoms. The molecule has 1 atom stereocenters. The first kappa shape index (κ1) is 6.07. The maximum absolute atomic E-state index is 10.5. The molecule has 4 nitrogen and oxygen atoms in total. The zero-order valence-electron chi connectivity index (χ0n) is 4.72. The second kappa shape index (κ2) is 2.05. The van der Waals surface area contributed by atoms with Gasteiger partial charge in [0.2, 0.25) is 0 Å². The van der Waals surface area contributed by atoms with E-state index in [4.69, 9.17) is 0 Å². The third kappa shape index (κ3) is 1.01. The summed E-state index contributed by atoms with van der Waals surface area (Å²) in [4.78, 5) is 20.8. The summed E-state index contributed by atoms with van der Waals surface area (Å²) < 4.78 is 4.46. The number of hydrogen-bond acceptors (Lipinski definition) is 3. The summed E-state index contributed by atoms with van der Waals surface area (Å²) in [5.74, 6) is -0.394. The van der Waals surface area contributed by atoms with Gasteiger partial charge in [-0.15, -0.1) is 6.42 Å². The topological polar surface area (TPSA) is 55.4 Å². The first-order chi connectivity index (χ1) is 4.24. The average molecular weight is 128 g/mol. The Balaban J connectivity index is 2.58. The minimum Gasteiger partial charge on any atom is -0.439 e. The van der Waals surface area contributed by atoms with Crippen molar-refractivity contribution in [2.24, 2.45) is 0 Å². The van der Waals surface area contributed by atoms with E-state index in [2.05, 4.69) is 11.7 Å². The van der Waals surface area contributed by atoms with Gasteiger partial charge in [0.1, 0.15) is 0 Å². The van der Waals surface area contributed by atoms with E-state index in [0.29, 0.717) is 0 Å². The van der Waals surface area contributed by atoms with Crippen LogP contribution >= 0.6 is 0 Å². The van der Waals surface area contributed by atoms with Crippen molar-refractivity contribution in [1.82, 2.24) is 5.32 Å². The minimum absolute atomic E-state index is 0.289. The summed E-state index contributed by atoms with van der Waals surface area (Å²) in [5, 5.41) is 1.98. The third-order valence-electron chi connectivity index (χ3n) is 1.03. The molecule has 1 N–H and O–H groups in total. The Morgan fingerprint density at radius 3 is 2.56 bits per heavy atom. The van der Waals surface area contributed by atoms with E-state index in [-0.39, 0.29) is 6.42 Å². The molecule has 1 aliphatic heterocycles. The van der Waals surface area contributed by atoms with Crippen LogP contribution in [0, 0.1) is 6.92 Å². The monoisotopic (exact) mass is 128 g/mol. The van der Waals surface area contributed by atoms with E-state index in [0.717, 1.165) is 0 Å². The molecule has 0 aromatic heterocycles. The highest BCUT2D eigenvalue weighted by molar-refractivity contribution is 5.99. The molecule has 50 valence electrons. The highest BCUT2D eigenvalue weighted by atomic mass is 16.6. The van der Waals surface area contributed by atoms with Gasteiger partial charge >= 0.3 is 6.09 Å². The zero-order valence-corrected chi connectivity index (χ0v) is 4.72. The van der Waals surface area contributed by atoms with Crippen molar-refractivity contribution < 1.29 is 14.3 Å². The van der Waals surface area contributed by atoms with E-state index >= 15 is 0 Å². The van der Waals surface area contributed by atoms with Crippen molar-refractivity contribution in [3.05, 3.63) is 6.92 Å². The normalized spacial score (nSPS) is 25.7. The van der Waals surface area contributed by atoms with Crippen molar-refractivity contribution in [3.63, 3.8) is 0 Å². The lowest BCUT2D eigenvalue weighted by atomic mass is 10.3. The van der Waals surface area contributed by atoms with Crippen molar-refractivity contribution in [1.29, 1.82) is 0 Å². The molecule has 0 spiro atoms. The lowest BCUT2D eigenvalue weighted by Gasteiger charge is -2.02. The second-order valence-electron chi connectivity index (χ2n) is 1.67. The summed E-state index contributed by atoms with van der Waals surface area (Å²) >= 11 is 0. The minimum atomic E-state index is -0.673. The molecule has 0 aromatic carbocycles. The molecule has 1 fully saturated rings. The molecule has 1 aliphatic rings. The van der Waals surface area contributed by atoms with Crippen LogP contribution in [0.15, 0.2) is 0 Å². The zero-order chi connectivity index (χ0) is 6.85. The third-order valence-corrected chi connectivity index (χ3v) is 1.03. The maximum atomic E-state index is 10.5. The second-order valence-corrected chi connectivity index (χ2v) is 1.67. The van der Waals surface area contributed by atoms with Crippen molar-refractivity contribution >= 4 is 12.0 Å². The molecular weight excluding hydrogens is 122 g/mol. The standard InChI is InChI=1S/C5H6NO3/c1-2-3-4(7)6-5(8)9-3/h3H,1-2H2,(H,6,7,8)/q-1. The van der Waals surface area contributed by atoms with Crippen LogP contribution in [0.5, 0.6) is 0 Å². The van der Waals surface area contributed by atoms with Crippen LogP contribution < -0.4 is 5.32 Å². The Kier molecular flexibility index (Phi) is 1.38. The molecule has 0 bridgehead atoms. The van der Waals surface area contributed by atoms with E-state index in [1.54, 1.807) is 0 Å². The summed E-state index contributed by atoms with van der Waals surface area (Å²) in [6.45, 7) is 3.41. The number of ether oxygens (including phenoxy) is 1. The number of nitrogens with one attached hydrogen (secondary N) is 1. The van der Waals surface area contributed by atoms with Crippen LogP contribution in [0.25, 0.3) is 0 Å². The molecule has 2 amide bonds. The Morgan fingerprint density at radius 1 is 1.67 bits per heavy atom. The van der Waals surface area contributed by atoms with E-state index < -0.39 is 18.1 Å². The first-order valence-electron chi connectivity index (χ1n) is 2.54. The fourth-order valence-corrected chi connectivity index (χ4v) is 0.583. The molecule has 0 aliphatic carbocycles. The van der Waals surface area contributed by atoms with Crippen LogP contribution in [0.1, 0.15) is 6.42 Å². The van der Waals surface area contributed by atoms with E-state index in [1.165, 1.54) is 0 Å². The van der Waals surface area contributed by atoms with Crippen LogP contribution in [-0.4, -0.2) is 18.1 Å². The Hall–Kier alpha value is -1.06. The Morgan fingerprint density at radius 2 is 2.33 bits per heavy atom. The summed E-state index contributed by atoms with van der Waals surface area (Å²) in [7, 11) is 0. The van der Waals surface area contributed by atoms with Gasteiger partial charge in [-0.25, -0.2) is 4.79 Å². The smallest absolute Gasteiger partial charge is 0.414 e. The number of hydrogen-bond donors (Lipinski definition) is 1. The van der Waals surface area contributed by atoms with Gasteiger partial charge in [-0.1, -0.05) is 0 Å². The van der Waals surface area contributed by atoms with Gasteiger partial charge in [0.05, 0.1) is 0 Å². The molecule has 1 heterocycles. The highest BCUT2D eigenvalue weighted by Gasteiger charge is 2.27. The van der Waals surface area contributed by atoms with Crippen molar-refractivity contribution in [2.45, 2.75) is 12.5 Å². The molecule has 9 heavy (non-hydrogen) atoms. The predicted octanol–water partition coefficient (Wildman–Crippen LogP) is -0.154. The fourth-order valence-electron chi connectivity index (χ4n) is 0.583. The number of cyclic esters (lactones) is 1. The van der Waals surface area contributed by atoms with Crippen molar-refractivity contribution in [2.75, 3.05) is 0 Å². The molecule has 0 radical (unpaired) electrons. The first-order valence-corrected chi connectivity index (χ1v) is 2.54. The van der Waals surface area contributed by atoms with Crippen LogP contribution in [0.4, 0.5) is 4.79 Å². The number of rotatable bonds is 1. The molecule has 1 unspecified atom stereocenters. The average Bonchev–Trinajstić information content (AvgIpc) is 2.10. The summed E-state index contributed by atoms with van der Waals surface area (Å²) in [6, 6.07) is 0. The van der Waals surface area contributed by atoms with Gasteiger partial charge in [0, 0.05) is 0 Å². The molecule has 0 saturated carbocycles. The van der Waals surface area contributed by atoms with Crippen molar-refractivity contribution in [3.8, 4) is 0 Å². The van der Waals surface area contributed by atoms with Crippen LogP contribution in [0.3, 0.4) is 0 Å². The lowest BCUT2D eigenvalue weighted by molar-refractivity contribution is -0.123. The maximum Gasteiger partial charge on any atom is 0.414 e. The van der Waals surface area contributed by atoms with Gasteiger partial charge in [0.25, 0.3) is 5.91 Å². The molecule has 1 saturated heterocycles. The van der Waals surface area contributed by atoms with E-state index in [9.17, 15) is 9.59 Å². The number of amides is 2. The van der Waals surface area contributed by atoms with Crippen LogP contribution in [0.2, 0.25) is 0 Å². The number of alkyl carbamates (subject to hydrolysis) is 1. The van der Waals surface area contributed by atoms with Crippen LogP contribution in [-0.2, 0) is 9.53 Å². The number of carbonyl (C=O) groups is 2. The summed E-state index contributed by atoms with van der Waals surface area (Å²) in [6.07, 6.45) is -1.05. The molecule has 0 aromatic rings. The van der Waals surface area contributed by atoms with Gasteiger partial charge < -0.3 is 11.7 Å². The highest BCUT2D eigenvalue weighted by Crippen LogP contribution is 2.03. The SMILES string of the molecule is [CH2-]CC1OC(=O)NC1=O. The van der Waals surface area contributed by atoms with Gasteiger partial charge in [-0.05, 0) is 0 Å². The van der Waals surface area contributed by atoms with Gasteiger partial charge in [0.15, 0.2) is 6.10 Å². The number of imide groups is 1. The van der Waals surface area contributed by atoms with Gasteiger partial charge in [-0.2, -0.15) is 0 Å². The molecular formula is C5H6NO3-. The van der Waals surface area contributed by atoms with Gasteiger partial charge in [-0.3, -0.25) is 10.1 Å². The fraction of sp³-hybridized carbons (Fsp3) is 0.400. The van der Waals surface area contributed by atoms with E-state index in [1.807, 2.05) is 5.32 Å². The lowest BCUT2D eigenvalue weighted by Crippen LogP contribution is -2.23. The quantitative estimate of drug-likeness (QED) is 0.499. The summed E-state index contributed by atoms with van der Waals surface area (Å²) in [5.41, 5.74) is 0. The number of carbonyl (C=O) groups excluding carboxylic acids is 2. The Bertz CT molecular complexity index is 154. The molecule has 1 rings (SSSR count). The predicted molar refractivity (Wildman–Crippen MR) is 28.4 cm³/mol. The largest absolute Gasteiger partial charge is 0.439 e.